The molecule has 1 heterocycles. The fourth-order valence-corrected chi connectivity index (χ4v) is 3.11. The molecule has 0 aromatic heterocycles. The van der Waals surface area contributed by atoms with E-state index >= 15 is 0 Å². The Morgan fingerprint density at radius 2 is 1.95 bits per heavy atom. The first kappa shape index (κ1) is 15.5. The molecule has 0 saturated carbocycles. The molecule has 0 aliphatic carbocycles. The van der Waals surface area contributed by atoms with Gasteiger partial charge >= 0.3 is 0 Å². The number of hydrogen-bond donors (Lipinski definition) is 1. The second-order valence-electron chi connectivity index (χ2n) is 6.86. The minimum Gasteiger partial charge on any atom is -0.310 e. The molecule has 20 heavy (non-hydrogen) atoms. The van der Waals surface area contributed by atoms with Gasteiger partial charge in [-0.3, -0.25) is 4.90 Å². The van der Waals surface area contributed by atoms with Gasteiger partial charge in [-0.25, -0.2) is 0 Å². The molecule has 1 fully saturated rings. The molecule has 2 nitrogen and oxygen atoms in total. The third kappa shape index (κ3) is 4.92. The molecule has 1 aliphatic heterocycles. The van der Waals surface area contributed by atoms with E-state index < -0.39 is 0 Å². The Kier molecular flexibility index (Phi) is 5.62. The van der Waals surface area contributed by atoms with Crippen molar-refractivity contribution in [3.63, 3.8) is 0 Å². The average molecular weight is 274 g/mol. The molecule has 1 aliphatic rings. The Morgan fingerprint density at radius 3 is 2.70 bits per heavy atom. The lowest BCUT2D eigenvalue weighted by Gasteiger charge is -2.33. The van der Waals surface area contributed by atoms with Gasteiger partial charge in [0, 0.05) is 18.1 Å². The molecule has 0 radical (unpaired) electrons. The van der Waals surface area contributed by atoms with E-state index in [-0.39, 0.29) is 5.54 Å². The number of benzene rings is 1. The highest BCUT2D eigenvalue weighted by Gasteiger charge is 2.27. The molecule has 1 unspecified atom stereocenters. The minimum atomic E-state index is 0.254. The monoisotopic (exact) mass is 274 g/mol. The second kappa shape index (κ2) is 7.24. The fourth-order valence-electron chi connectivity index (χ4n) is 3.11. The van der Waals surface area contributed by atoms with Gasteiger partial charge in [-0.15, -0.1) is 0 Å². The van der Waals surface area contributed by atoms with Gasteiger partial charge in [-0.1, -0.05) is 30.3 Å². The van der Waals surface area contributed by atoms with Gasteiger partial charge < -0.3 is 5.32 Å². The van der Waals surface area contributed by atoms with Gasteiger partial charge in [0.15, 0.2) is 0 Å². The van der Waals surface area contributed by atoms with E-state index in [1.54, 1.807) is 0 Å². The van der Waals surface area contributed by atoms with Crippen LogP contribution >= 0.6 is 0 Å². The van der Waals surface area contributed by atoms with Crippen LogP contribution in [-0.4, -0.2) is 36.1 Å². The Balaban J connectivity index is 1.74. The Hall–Kier alpha value is -0.860. The van der Waals surface area contributed by atoms with Gasteiger partial charge in [-0.2, -0.15) is 0 Å². The Labute approximate surface area is 124 Å². The number of aryl methyl sites for hydroxylation is 1. The summed E-state index contributed by atoms with van der Waals surface area (Å²) in [6.07, 6.45) is 5.07. The topological polar surface area (TPSA) is 15.3 Å². The van der Waals surface area contributed by atoms with Crippen LogP contribution in [0.15, 0.2) is 30.3 Å². The predicted octanol–water partition coefficient (Wildman–Crippen LogP) is 3.47. The average Bonchev–Trinajstić information content (AvgIpc) is 2.55. The van der Waals surface area contributed by atoms with E-state index in [9.17, 15) is 0 Å². The molecular formula is C18H30N2. The molecule has 0 spiro atoms. The van der Waals surface area contributed by atoms with Crippen LogP contribution in [0.25, 0.3) is 0 Å². The lowest BCUT2D eigenvalue weighted by Crippen LogP contribution is -2.47. The van der Waals surface area contributed by atoms with E-state index in [1.165, 1.54) is 44.3 Å². The smallest absolute Gasteiger partial charge is 0.0252 e. The van der Waals surface area contributed by atoms with Gasteiger partial charge in [0.2, 0.25) is 0 Å². The van der Waals surface area contributed by atoms with Gasteiger partial charge in [0.1, 0.15) is 0 Å². The van der Waals surface area contributed by atoms with Crippen molar-refractivity contribution >= 4 is 0 Å². The molecule has 112 valence electrons. The summed E-state index contributed by atoms with van der Waals surface area (Å²) in [6, 6.07) is 11.6. The summed E-state index contributed by atoms with van der Waals surface area (Å²) in [6.45, 7) is 10.6. The van der Waals surface area contributed by atoms with Crippen LogP contribution in [0.2, 0.25) is 0 Å². The molecule has 1 N–H and O–H groups in total. The molecule has 1 saturated heterocycles. The zero-order valence-corrected chi connectivity index (χ0v) is 13.4. The number of nitrogens with zero attached hydrogens (tertiary/aromatic N) is 1. The van der Waals surface area contributed by atoms with Crippen molar-refractivity contribution in [2.24, 2.45) is 0 Å². The molecular weight excluding hydrogens is 244 g/mol. The maximum Gasteiger partial charge on any atom is 0.0252 e. The minimum absolute atomic E-state index is 0.254. The molecule has 2 rings (SSSR count). The molecule has 1 atom stereocenters. The predicted molar refractivity (Wildman–Crippen MR) is 87.1 cm³/mol. The Morgan fingerprint density at radius 1 is 1.20 bits per heavy atom. The summed E-state index contributed by atoms with van der Waals surface area (Å²) in [5.74, 6) is 0. The zero-order valence-electron chi connectivity index (χ0n) is 13.4. The van der Waals surface area contributed by atoms with Crippen LogP contribution < -0.4 is 5.32 Å². The van der Waals surface area contributed by atoms with Crippen molar-refractivity contribution in [1.82, 2.24) is 10.2 Å². The molecule has 0 bridgehead atoms. The van der Waals surface area contributed by atoms with Gasteiger partial charge in [0.25, 0.3) is 0 Å². The zero-order chi connectivity index (χ0) is 14.4. The van der Waals surface area contributed by atoms with E-state index in [0.717, 1.165) is 6.54 Å². The number of rotatable bonds is 5. The summed E-state index contributed by atoms with van der Waals surface area (Å²) < 4.78 is 0. The lowest BCUT2D eigenvalue weighted by atomic mass is 10.0. The third-order valence-electron chi connectivity index (χ3n) is 4.39. The summed E-state index contributed by atoms with van der Waals surface area (Å²) in [4.78, 5) is 2.67. The van der Waals surface area contributed by atoms with E-state index in [1.807, 2.05) is 0 Å². The summed E-state index contributed by atoms with van der Waals surface area (Å²) in [5, 5.41) is 3.66. The summed E-state index contributed by atoms with van der Waals surface area (Å²) >= 11 is 0. The van der Waals surface area contributed by atoms with Crippen molar-refractivity contribution in [2.75, 3.05) is 19.6 Å². The lowest BCUT2D eigenvalue weighted by molar-refractivity contribution is 0.178. The summed E-state index contributed by atoms with van der Waals surface area (Å²) in [5.41, 5.74) is 1.72. The van der Waals surface area contributed by atoms with Crippen molar-refractivity contribution in [2.45, 2.75) is 58.0 Å². The van der Waals surface area contributed by atoms with Crippen LogP contribution in [-0.2, 0) is 6.42 Å². The fraction of sp³-hybridized carbons (Fsp3) is 0.667. The van der Waals surface area contributed by atoms with Crippen molar-refractivity contribution in [3.8, 4) is 0 Å². The van der Waals surface area contributed by atoms with Crippen LogP contribution in [0.3, 0.4) is 0 Å². The molecule has 1 aromatic carbocycles. The van der Waals surface area contributed by atoms with Crippen molar-refractivity contribution in [3.05, 3.63) is 35.9 Å². The van der Waals surface area contributed by atoms with Crippen LogP contribution in [0.1, 0.15) is 45.6 Å². The van der Waals surface area contributed by atoms with Gasteiger partial charge in [-0.05, 0) is 65.1 Å². The number of hydrogen-bond acceptors (Lipinski definition) is 2. The van der Waals surface area contributed by atoms with Crippen molar-refractivity contribution in [1.29, 1.82) is 0 Å². The third-order valence-corrected chi connectivity index (χ3v) is 4.39. The van der Waals surface area contributed by atoms with E-state index in [2.05, 4.69) is 61.3 Å². The highest BCUT2D eigenvalue weighted by atomic mass is 15.2. The second-order valence-corrected chi connectivity index (χ2v) is 6.86. The standard InChI is InChI=1S/C18H30N2/c1-16-12-13-19-18(2,3)15-20(16)14-8-7-11-17-9-5-4-6-10-17/h4-6,9-10,16,19H,7-8,11-15H2,1-3H3. The van der Waals surface area contributed by atoms with Crippen LogP contribution in [0, 0.1) is 0 Å². The summed E-state index contributed by atoms with van der Waals surface area (Å²) in [7, 11) is 0. The number of unbranched alkanes of at least 4 members (excludes halogenated alkanes) is 1. The highest BCUT2D eigenvalue weighted by Crippen LogP contribution is 2.16. The first-order valence-corrected chi connectivity index (χ1v) is 8.10. The number of nitrogens with one attached hydrogen (secondary N) is 1. The SMILES string of the molecule is CC1CCNC(C)(C)CN1CCCCc1ccccc1. The van der Waals surface area contributed by atoms with E-state index in [0.29, 0.717) is 6.04 Å². The first-order valence-electron chi connectivity index (χ1n) is 8.10. The first-order chi connectivity index (χ1) is 9.57. The maximum atomic E-state index is 3.66. The van der Waals surface area contributed by atoms with E-state index in [4.69, 9.17) is 0 Å². The molecule has 0 amide bonds. The molecule has 1 aromatic rings. The molecule has 2 heteroatoms. The normalized spacial score (nSPS) is 23.4. The largest absolute Gasteiger partial charge is 0.310 e. The highest BCUT2D eigenvalue weighted by molar-refractivity contribution is 5.14. The quantitative estimate of drug-likeness (QED) is 0.827. The van der Waals surface area contributed by atoms with Crippen LogP contribution in [0.5, 0.6) is 0 Å². The van der Waals surface area contributed by atoms with Crippen molar-refractivity contribution < 1.29 is 0 Å². The van der Waals surface area contributed by atoms with Crippen LogP contribution in [0.4, 0.5) is 0 Å². The maximum absolute atomic E-state index is 3.66. The van der Waals surface area contributed by atoms with Gasteiger partial charge in [0.05, 0.1) is 0 Å². The Bertz CT molecular complexity index is 386.